The molecule has 47 heavy (non-hydrogen) atoms. The second-order valence-corrected chi connectivity index (χ2v) is 13.1. The molecule has 0 spiro atoms. The van der Waals surface area contributed by atoms with Gasteiger partial charge >= 0.3 is 0 Å². The molecule has 0 radical (unpaired) electrons. The maximum absolute atomic E-state index is 14.4. The van der Waals surface area contributed by atoms with E-state index in [9.17, 15) is 9.18 Å². The van der Waals surface area contributed by atoms with Crippen LogP contribution in [0.3, 0.4) is 0 Å². The number of H-pyrrole nitrogens is 1. The van der Waals surface area contributed by atoms with Crippen LogP contribution in [0.15, 0.2) is 84.1 Å². The molecule has 1 aliphatic carbocycles. The third kappa shape index (κ3) is 7.90. The summed E-state index contributed by atoms with van der Waals surface area (Å²) in [4.78, 5) is 19.8. The van der Waals surface area contributed by atoms with Gasteiger partial charge in [0.15, 0.2) is 5.76 Å². The molecule has 7 heteroatoms. The van der Waals surface area contributed by atoms with Gasteiger partial charge in [0.25, 0.3) is 0 Å². The van der Waals surface area contributed by atoms with Crippen LogP contribution in [0.5, 0.6) is 11.5 Å². The number of hydrogen-bond donors (Lipinski definition) is 2. The molecule has 2 heterocycles. The van der Waals surface area contributed by atoms with Gasteiger partial charge in [0.1, 0.15) is 23.4 Å². The molecule has 2 aliphatic rings. The van der Waals surface area contributed by atoms with Gasteiger partial charge in [0.2, 0.25) is 5.78 Å². The van der Waals surface area contributed by atoms with Crippen molar-refractivity contribution in [1.29, 1.82) is 0 Å². The smallest absolute Gasteiger partial charge is 0.210 e. The number of carbonyl (C=O) groups is 1. The van der Waals surface area contributed by atoms with Crippen LogP contribution in [-0.4, -0.2) is 40.9 Å². The summed E-state index contributed by atoms with van der Waals surface area (Å²) in [7, 11) is 0. The van der Waals surface area contributed by atoms with Crippen LogP contribution in [0.4, 0.5) is 10.1 Å². The van der Waals surface area contributed by atoms with Crippen LogP contribution in [0.25, 0.3) is 10.9 Å². The van der Waals surface area contributed by atoms with Crippen LogP contribution < -0.4 is 14.8 Å². The predicted octanol–water partition coefficient (Wildman–Crippen LogP) is 10.2. The lowest BCUT2D eigenvalue weighted by Crippen LogP contribution is -2.41. The van der Waals surface area contributed by atoms with Crippen LogP contribution >= 0.6 is 0 Å². The Morgan fingerprint density at radius 1 is 1.15 bits per heavy atom. The number of fused-ring (bicyclic) bond motifs is 1. The number of carbonyl (C=O) groups excluding carboxylic acids is 1. The molecule has 3 aromatic rings. The van der Waals surface area contributed by atoms with Crippen molar-refractivity contribution in [3.8, 4) is 11.5 Å². The Morgan fingerprint density at radius 2 is 1.91 bits per heavy atom. The number of nitrogens with zero attached hydrogens (tertiary/aromatic N) is 1. The van der Waals surface area contributed by atoms with Crippen molar-refractivity contribution in [3.63, 3.8) is 0 Å². The number of aromatic nitrogens is 1. The first-order valence-electron chi connectivity index (χ1n) is 17.2. The highest BCUT2D eigenvalue weighted by Crippen LogP contribution is 2.35. The number of aryl methyl sites for hydroxylation is 1. The molecule has 1 aromatic heterocycles. The molecular weight excluding hydrogens is 589 g/mol. The largest absolute Gasteiger partial charge is 0.490 e. The minimum atomic E-state index is -0.251. The highest BCUT2D eigenvalue weighted by molar-refractivity contribution is 6.12. The van der Waals surface area contributed by atoms with Crippen LogP contribution in [0.1, 0.15) is 101 Å². The Balaban J connectivity index is 1.40. The number of hydrogen-bond acceptors (Lipinski definition) is 5. The first-order valence-corrected chi connectivity index (χ1v) is 17.2. The summed E-state index contributed by atoms with van der Waals surface area (Å²) in [5, 5.41) is 4.42. The standard InChI is InChI=1S/C40H50FN3O3/c1-8-26(6)33-16-15-31(47-38-14-12-11-13-34(38)41)24-36(33)42-27(7)32(10-3)40(45)37-22-29-23-39(28(9-2)21-35(29)43-37)46-30-17-19-44(20-18-30)25(4)5/h10,12,14-16,21-26,30,42-43H,3,8-9,11,13,17-20H2,1-2,4-7H3/b32-27-. The molecule has 1 unspecified atom stereocenters. The van der Waals surface area contributed by atoms with Gasteiger partial charge < -0.3 is 24.7 Å². The number of rotatable bonds is 13. The normalized spacial score (nSPS) is 17.2. The summed E-state index contributed by atoms with van der Waals surface area (Å²) in [5.74, 6) is 1.52. The highest BCUT2D eigenvalue weighted by Gasteiger charge is 2.24. The number of aromatic amines is 1. The summed E-state index contributed by atoms with van der Waals surface area (Å²) in [5.41, 5.74) is 5.55. The minimum Gasteiger partial charge on any atom is -0.490 e. The van der Waals surface area contributed by atoms with Gasteiger partial charge in [-0.1, -0.05) is 45.6 Å². The lowest BCUT2D eigenvalue weighted by Gasteiger charge is -2.34. The quantitative estimate of drug-likeness (QED) is 0.111. The zero-order valence-electron chi connectivity index (χ0n) is 28.8. The van der Waals surface area contributed by atoms with Gasteiger partial charge in [-0.3, -0.25) is 4.79 Å². The van der Waals surface area contributed by atoms with Crippen LogP contribution in [0.2, 0.25) is 0 Å². The van der Waals surface area contributed by atoms with E-state index in [4.69, 9.17) is 9.47 Å². The Kier molecular flexibility index (Phi) is 11.1. The number of Topliss-reactive ketones (excluding diaryl/α,β-unsaturated/α-hetero) is 1. The number of anilines is 1. The van der Waals surface area contributed by atoms with Gasteiger partial charge in [-0.15, -0.1) is 0 Å². The average Bonchev–Trinajstić information content (AvgIpc) is 3.49. The van der Waals surface area contributed by atoms with E-state index < -0.39 is 0 Å². The van der Waals surface area contributed by atoms with Crippen LogP contribution in [0, 0.1) is 0 Å². The fraction of sp³-hybridized carbons (Fsp3) is 0.425. The molecule has 0 saturated carbocycles. The second-order valence-electron chi connectivity index (χ2n) is 13.1. The van der Waals surface area contributed by atoms with E-state index in [2.05, 4.69) is 68.5 Å². The minimum absolute atomic E-state index is 0.153. The summed E-state index contributed by atoms with van der Waals surface area (Å²) >= 11 is 0. The van der Waals surface area contributed by atoms with E-state index in [-0.39, 0.29) is 29.4 Å². The number of allylic oxidation sites excluding steroid dienone is 6. The molecule has 250 valence electrons. The monoisotopic (exact) mass is 639 g/mol. The van der Waals surface area contributed by atoms with E-state index in [1.54, 1.807) is 12.2 Å². The summed E-state index contributed by atoms with van der Waals surface area (Å²) in [6, 6.07) is 12.4. The Morgan fingerprint density at radius 3 is 2.57 bits per heavy atom. The molecular formula is C40H50FN3O3. The SMILES string of the molecule is C=C/C(C(=O)c1cc2cc(OC3CCN(C(C)C)CC3)c(CC)cc2[nH]1)=C(\C)Nc1cc(OC2=C(F)CCC=C2)ccc1C(C)CC. The molecule has 2 N–H and O–H groups in total. The van der Waals surface area contributed by atoms with E-state index in [0.717, 1.165) is 72.2 Å². The summed E-state index contributed by atoms with van der Waals surface area (Å²) in [6.07, 6.45) is 10.2. The zero-order valence-corrected chi connectivity index (χ0v) is 28.8. The fourth-order valence-electron chi connectivity index (χ4n) is 6.42. The van der Waals surface area contributed by atoms with Crippen molar-refractivity contribution in [2.75, 3.05) is 18.4 Å². The van der Waals surface area contributed by atoms with Gasteiger partial charge in [0.05, 0.1) is 5.69 Å². The fourth-order valence-corrected chi connectivity index (χ4v) is 6.42. The molecule has 1 fully saturated rings. The Labute approximate surface area is 279 Å². The predicted molar refractivity (Wildman–Crippen MR) is 191 cm³/mol. The van der Waals surface area contributed by atoms with E-state index in [0.29, 0.717) is 41.6 Å². The van der Waals surface area contributed by atoms with Crippen LogP contribution in [-0.2, 0) is 6.42 Å². The van der Waals surface area contributed by atoms with Crippen molar-refractivity contribution in [2.24, 2.45) is 0 Å². The summed E-state index contributed by atoms with van der Waals surface area (Å²) in [6.45, 7) is 18.9. The second kappa shape index (κ2) is 15.2. The molecule has 1 aliphatic heterocycles. The van der Waals surface area contributed by atoms with Crippen molar-refractivity contribution in [1.82, 2.24) is 9.88 Å². The molecule has 6 nitrogen and oxygen atoms in total. The maximum atomic E-state index is 14.4. The lowest BCUT2D eigenvalue weighted by atomic mass is 9.96. The number of benzene rings is 2. The molecule has 1 atom stereocenters. The third-order valence-electron chi connectivity index (χ3n) is 9.57. The lowest BCUT2D eigenvalue weighted by molar-refractivity contribution is 0.0838. The van der Waals surface area contributed by atoms with E-state index >= 15 is 0 Å². The topological polar surface area (TPSA) is 66.6 Å². The Hall–Kier alpha value is -4.10. The molecule has 0 bridgehead atoms. The van der Waals surface area contributed by atoms with Crippen molar-refractivity contribution in [3.05, 3.63) is 101 Å². The number of nitrogens with one attached hydrogen (secondary N) is 2. The molecule has 2 aromatic carbocycles. The van der Waals surface area contributed by atoms with Gasteiger partial charge in [-0.25, -0.2) is 4.39 Å². The average molecular weight is 640 g/mol. The van der Waals surface area contributed by atoms with E-state index in [1.807, 2.05) is 37.3 Å². The number of likely N-dealkylation sites (tertiary alicyclic amines) is 1. The van der Waals surface area contributed by atoms with Crippen molar-refractivity contribution in [2.45, 2.75) is 98.1 Å². The molecule has 5 rings (SSSR count). The number of piperidine rings is 1. The first kappa shape index (κ1) is 34.2. The Bertz CT molecular complexity index is 1700. The number of halogens is 1. The number of ketones is 1. The molecule has 1 saturated heterocycles. The van der Waals surface area contributed by atoms with Gasteiger partial charge in [0, 0.05) is 59.5 Å². The zero-order chi connectivity index (χ0) is 33.7. The first-order chi connectivity index (χ1) is 22.6. The van der Waals surface area contributed by atoms with Gasteiger partial charge in [-0.2, -0.15) is 0 Å². The maximum Gasteiger partial charge on any atom is 0.210 e. The van der Waals surface area contributed by atoms with E-state index in [1.165, 1.54) is 0 Å². The summed E-state index contributed by atoms with van der Waals surface area (Å²) < 4.78 is 26.9. The third-order valence-corrected chi connectivity index (χ3v) is 9.57. The van der Waals surface area contributed by atoms with Crippen molar-refractivity contribution < 1.29 is 18.7 Å². The molecule has 0 amide bonds. The van der Waals surface area contributed by atoms with Crippen molar-refractivity contribution >= 4 is 22.4 Å². The van der Waals surface area contributed by atoms with Gasteiger partial charge in [-0.05, 0) is 100 Å². The number of ether oxygens (including phenoxy) is 2. The highest BCUT2D eigenvalue weighted by atomic mass is 19.1.